The number of carbonyl (C=O) groups is 1. The third kappa shape index (κ3) is 3.73. The van der Waals surface area contributed by atoms with Crippen molar-refractivity contribution in [1.29, 1.82) is 0 Å². The summed E-state index contributed by atoms with van der Waals surface area (Å²) in [6.07, 6.45) is 0. The monoisotopic (exact) mass is 296 g/mol. The molecule has 0 aliphatic rings. The minimum absolute atomic E-state index is 0.245. The molecular weight excluding hydrogens is 276 g/mol. The molecule has 1 amide bonds. The van der Waals surface area contributed by atoms with E-state index in [0.717, 1.165) is 11.3 Å². The van der Waals surface area contributed by atoms with Crippen molar-refractivity contribution in [3.05, 3.63) is 64.7 Å². The van der Waals surface area contributed by atoms with Crippen molar-refractivity contribution in [3.63, 3.8) is 0 Å². The molecule has 0 atom stereocenters. The van der Waals surface area contributed by atoms with Gasteiger partial charge in [-0.25, -0.2) is 5.43 Å². The Morgan fingerprint density at radius 3 is 2.23 bits per heavy atom. The molecule has 0 heterocycles. The van der Waals surface area contributed by atoms with Gasteiger partial charge in [0.1, 0.15) is 5.75 Å². The molecule has 0 aliphatic heterocycles. The van der Waals surface area contributed by atoms with Gasteiger partial charge in [0.2, 0.25) is 0 Å². The third-order valence-electron chi connectivity index (χ3n) is 3.60. The molecule has 22 heavy (non-hydrogen) atoms. The van der Waals surface area contributed by atoms with E-state index >= 15 is 0 Å². The van der Waals surface area contributed by atoms with E-state index in [1.165, 1.54) is 11.1 Å². The summed E-state index contributed by atoms with van der Waals surface area (Å²) in [5.41, 5.74) is 7.32. The van der Waals surface area contributed by atoms with Crippen molar-refractivity contribution in [3.8, 4) is 5.75 Å². The van der Waals surface area contributed by atoms with E-state index in [2.05, 4.69) is 36.5 Å². The number of hydrogen-bond donors (Lipinski definition) is 1. The first-order valence-electron chi connectivity index (χ1n) is 7.07. The van der Waals surface area contributed by atoms with Gasteiger partial charge in [0.25, 0.3) is 5.91 Å². The van der Waals surface area contributed by atoms with Crippen LogP contribution < -0.4 is 10.2 Å². The van der Waals surface area contributed by atoms with E-state index in [1.807, 2.05) is 13.0 Å². The molecular formula is C18H20N2O2. The van der Waals surface area contributed by atoms with E-state index < -0.39 is 0 Å². The van der Waals surface area contributed by atoms with Crippen molar-refractivity contribution in [2.24, 2.45) is 5.10 Å². The Morgan fingerprint density at radius 2 is 1.64 bits per heavy atom. The van der Waals surface area contributed by atoms with Gasteiger partial charge in [-0.05, 0) is 67.8 Å². The Morgan fingerprint density at radius 1 is 1.00 bits per heavy atom. The van der Waals surface area contributed by atoms with Crippen LogP contribution in [-0.2, 0) is 0 Å². The lowest BCUT2D eigenvalue weighted by Gasteiger charge is -2.06. The number of nitrogens with one attached hydrogen (secondary N) is 1. The number of aryl methyl sites for hydroxylation is 2. The number of ether oxygens (including phenoxy) is 1. The number of hydrogen-bond acceptors (Lipinski definition) is 3. The minimum atomic E-state index is -0.245. The summed E-state index contributed by atoms with van der Waals surface area (Å²) in [5, 5.41) is 4.17. The molecule has 2 aromatic rings. The van der Waals surface area contributed by atoms with Crippen molar-refractivity contribution in [2.45, 2.75) is 20.8 Å². The van der Waals surface area contributed by atoms with Gasteiger partial charge < -0.3 is 4.74 Å². The quantitative estimate of drug-likeness (QED) is 0.694. The molecule has 0 saturated carbocycles. The summed E-state index contributed by atoms with van der Waals surface area (Å²) < 4.78 is 5.07. The fourth-order valence-electron chi connectivity index (χ4n) is 1.97. The van der Waals surface area contributed by atoms with Crippen LogP contribution >= 0.6 is 0 Å². The highest BCUT2D eigenvalue weighted by molar-refractivity contribution is 6.01. The summed E-state index contributed by atoms with van der Waals surface area (Å²) in [6.45, 7) is 6.00. The maximum absolute atomic E-state index is 12.0. The van der Waals surface area contributed by atoms with Gasteiger partial charge in [0, 0.05) is 5.56 Å². The number of amides is 1. The Bertz CT molecular complexity index is 704. The lowest BCUT2D eigenvalue weighted by Crippen LogP contribution is -2.19. The van der Waals surface area contributed by atoms with Crippen LogP contribution in [0.15, 0.2) is 47.6 Å². The number of hydrazone groups is 1. The zero-order valence-corrected chi connectivity index (χ0v) is 13.3. The van der Waals surface area contributed by atoms with Crippen LogP contribution in [0.4, 0.5) is 0 Å². The standard InChI is InChI=1S/C18H20N2O2/c1-12-5-6-16(11-13(12)2)14(3)19-20-18(21)15-7-9-17(22-4)10-8-15/h5-11H,1-4H3,(H,20,21). The number of benzene rings is 2. The molecule has 0 unspecified atom stereocenters. The SMILES string of the molecule is COc1ccc(C(=O)NN=C(C)c2ccc(C)c(C)c2)cc1. The van der Waals surface area contributed by atoms with Crippen molar-refractivity contribution in [2.75, 3.05) is 7.11 Å². The van der Waals surface area contributed by atoms with E-state index in [4.69, 9.17) is 4.74 Å². The molecule has 2 rings (SSSR count). The van der Waals surface area contributed by atoms with Crippen molar-refractivity contribution < 1.29 is 9.53 Å². The highest BCUT2D eigenvalue weighted by Gasteiger charge is 2.05. The van der Waals surface area contributed by atoms with Gasteiger partial charge in [-0.3, -0.25) is 4.79 Å². The molecule has 4 heteroatoms. The fourth-order valence-corrected chi connectivity index (χ4v) is 1.97. The molecule has 0 saturated heterocycles. The van der Waals surface area contributed by atoms with Crippen LogP contribution in [-0.4, -0.2) is 18.7 Å². The summed E-state index contributed by atoms with van der Waals surface area (Å²) in [4.78, 5) is 12.0. The number of methoxy groups -OCH3 is 1. The average molecular weight is 296 g/mol. The molecule has 0 radical (unpaired) electrons. The van der Waals surface area contributed by atoms with Gasteiger partial charge in [-0.15, -0.1) is 0 Å². The number of nitrogens with zero attached hydrogens (tertiary/aromatic N) is 1. The second kappa shape index (κ2) is 6.89. The molecule has 0 bridgehead atoms. The normalized spacial score (nSPS) is 11.2. The van der Waals surface area contributed by atoms with E-state index in [0.29, 0.717) is 11.3 Å². The zero-order chi connectivity index (χ0) is 16.1. The van der Waals surface area contributed by atoms with Gasteiger partial charge in [0.05, 0.1) is 12.8 Å². The van der Waals surface area contributed by atoms with Crippen LogP contribution in [0.1, 0.15) is 34.0 Å². The maximum atomic E-state index is 12.0. The first kappa shape index (κ1) is 15.8. The van der Waals surface area contributed by atoms with Crippen LogP contribution in [0.3, 0.4) is 0 Å². The molecule has 2 aromatic carbocycles. The summed E-state index contributed by atoms with van der Waals surface area (Å²) in [5.74, 6) is 0.470. The van der Waals surface area contributed by atoms with E-state index in [1.54, 1.807) is 31.4 Å². The van der Waals surface area contributed by atoms with E-state index in [-0.39, 0.29) is 5.91 Å². The first-order valence-corrected chi connectivity index (χ1v) is 7.07. The molecule has 0 fully saturated rings. The lowest BCUT2D eigenvalue weighted by atomic mass is 10.0. The van der Waals surface area contributed by atoms with Crippen LogP contribution in [0.5, 0.6) is 5.75 Å². The second-order valence-corrected chi connectivity index (χ2v) is 5.17. The lowest BCUT2D eigenvalue weighted by molar-refractivity contribution is 0.0955. The van der Waals surface area contributed by atoms with Crippen molar-refractivity contribution >= 4 is 11.6 Å². The predicted molar refractivity (Wildman–Crippen MR) is 88.6 cm³/mol. The van der Waals surface area contributed by atoms with Gasteiger partial charge in [-0.2, -0.15) is 5.10 Å². The van der Waals surface area contributed by atoms with Gasteiger partial charge in [-0.1, -0.05) is 12.1 Å². The average Bonchev–Trinajstić information content (AvgIpc) is 2.54. The Labute approximate surface area is 130 Å². The Hall–Kier alpha value is -2.62. The number of rotatable bonds is 4. The molecule has 1 N–H and O–H groups in total. The largest absolute Gasteiger partial charge is 0.497 e. The molecule has 0 aromatic heterocycles. The first-order chi connectivity index (χ1) is 10.5. The zero-order valence-electron chi connectivity index (χ0n) is 13.3. The maximum Gasteiger partial charge on any atom is 0.271 e. The van der Waals surface area contributed by atoms with Crippen LogP contribution in [0.25, 0.3) is 0 Å². The second-order valence-electron chi connectivity index (χ2n) is 5.17. The molecule has 0 spiro atoms. The van der Waals surface area contributed by atoms with Crippen molar-refractivity contribution in [1.82, 2.24) is 5.43 Å². The van der Waals surface area contributed by atoms with Crippen LogP contribution in [0, 0.1) is 13.8 Å². The molecule has 4 nitrogen and oxygen atoms in total. The van der Waals surface area contributed by atoms with Gasteiger partial charge in [0.15, 0.2) is 0 Å². The smallest absolute Gasteiger partial charge is 0.271 e. The Balaban J connectivity index is 2.08. The topological polar surface area (TPSA) is 50.7 Å². The third-order valence-corrected chi connectivity index (χ3v) is 3.60. The molecule has 114 valence electrons. The summed E-state index contributed by atoms with van der Waals surface area (Å²) in [6, 6.07) is 13.0. The predicted octanol–water partition coefficient (Wildman–Crippen LogP) is 3.47. The Kier molecular flexibility index (Phi) is 4.94. The van der Waals surface area contributed by atoms with Crippen LogP contribution in [0.2, 0.25) is 0 Å². The summed E-state index contributed by atoms with van der Waals surface area (Å²) >= 11 is 0. The number of carbonyl (C=O) groups excluding carboxylic acids is 1. The minimum Gasteiger partial charge on any atom is -0.497 e. The highest BCUT2D eigenvalue weighted by Crippen LogP contribution is 2.12. The van der Waals surface area contributed by atoms with Gasteiger partial charge >= 0.3 is 0 Å². The summed E-state index contributed by atoms with van der Waals surface area (Å²) in [7, 11) is 1.59. The van der Waals surface area contributed by atoms with E-state index in [9.17, 15) is 4.79 Å². The fraction of sp³-hybridized carbons (Fsp3) is 0.222. The molecule has 0 aliphatic carbocycles. The highest BCUT2D eigenvalue weighted by atomic mass is 16.5.